The van der Waals surface area contributed by atoms with Crippen LogP contribution in [0.5, 0.6) is 0 Å². The first kappa shape index (κ1) is 14.0. The van der Waals surface area contributed by atoms with Crippen molar-refractivity contribution in [2.75, 3.05) is 20.3 Å². The van der Waals surface area contributed by atoms with Gasteiger partial charge in [-0.2, -0.15) is 5.26 Å². The summed E-state index contributed by atoms with van der Waals surface area (Å²) in [5.41, 5.74) is 0.509. The third-order valence-electron chi connectivity index (χ3n) is 2.54. The van der Waals surface area contributed by atoms with Gasteiger partial charge in [0.15, 0.2) is 0 Å². The standard InChI is InChI=1S/C13H17ClN2O/c1-13(10-15,16-7-8-17-2)9-11-3-5-12(14)6-4-11/h3-6,16H,7-9H2,1-2H3. The number of nitrogens with one attached hydrogen (secondary N) is 1. The lowest BCUT2D eigenvalue weighted by atomic mass is 9.94. The highest BCUT2D eigenvalue weighted by Gasteiger charge is 2.23. The van der Waals surface area contributed by atoms with E-state index in [1.807, 2.05) is 31.2 Å². The van der Waals surface area contributed by atoms with Crippen LogP contribution in [0.1, 0.15) is 12.5 Å². The smallest absolute Gasteiger partial charge is 0.108 e. The average Bonchev–Trinajstić information content (AvgIpc) is 2.33. The second-order valence-electron chi connectivity index (χ2n) is 4.17. The summed E-state index contributed by atoms with van der Waals surface area (Å²) in [5.74, 6) is 0. The molecule has 0 amide bonds. The van der Waals surface area contributed by atoms with Crippen molar-refractivity contribution in [3.63, 3.8) is 0 Å². The van der Waals surface area contributed by atoms with Crippen molar-refractivity contribution in [1.29, 1.82) is 5.26 Å². The summed E-state index contributed by atoms with van der Waals surface area (Å²) in [5, 5.41) is 13.1. The molecule has 1 N–H and O–H groups in total. The van der Waals surface area contributed by atoms with Crippen molar-refractivity contribution in [2.45, 2.75) is 18.9 Å². The number of benzene rings is 1. The predicted octanol–water partition coefficient (Wildman–Crippen LogP) is 2.40. The van der Waals surface area contributed by atoms with Crippen LogP contribution >= 0.6 is 11.6 Å². The van der Waals surface area contributed by atoms with Crippen molar-refractivity contribution >= 4 is 11.6 Å². The lowest BCUT2D eigenvalue weighted by Gasteiger charge is -2.23. The van der Waals surface area contributed by atoms with Gasteiger partial charge >= 0.3 is 0 Å². The minimum atomic E-state index is -0.577. The Morgan fingerprint density at radius 2 is 2.06 bits per heavy atom. The van der Waals surface area contributed by atoms with Crippen LogP contribution in [0.25, 0.3) is 0 Å². The average molecular weight is 253 g/mol. The van der Waals surface area contributed by atoms with Crippen LogP contribution in [0.3, 0.4) is 0 Å². The predicted molar refractivity (Wildman–Crippen MR) is 69.1 cm³/mol. The van der Waals surface area contributed by atoms with Crippen molar-refractivity contribution in [3.8, 4) is 6.07 Å². The Morgan fingerprint density at radius 1 is 1.41 bits per heavy atom. The van der Waals surface area contributed by atoms with Crippen molar-refractivity contribution in [2.24, 2.45) is 0 Å². The summed E-state index contributed by atoms with van der Waals surface area (Å²) in [4.78, 5) is 0. The summed E-state index contributed by atoms with van der Waals surface area (Å²) in [6, 6.07) is 9.86. The van der Waals surface area contributed by atoms with Gasteiger partial charge in [-0.05, 0) is 24.6 Å². The third-order valence-corrected chi connectivity index (χ3v) is 2.79. The molecule has 0 radical (unpaired) electrons. The molecule has 0 aromatic heterocycles. The van der Waals surface area contributed by atoms with Gasteiger partial charge in [0.2, 0.25) is 0 Å². The first-order valence-corrected chi connectivity index (χ1v) is 5.87. The fourth-order valence-electron chi connectivity index (χ4n) is 1.58. The lowest BCUT2D eigenvalue weighted by molar-refractivity contribution is 0.192. The molecular formula is C13H17ClN2O. The maximum atomic E-state index is 9.22. The van der Waals surface area contributed by atoms with E-state index in [4.69, 9.17) is 16.3 Å². The number of nitrogens with zero attached hydrogens (tertiary/aromatic N) is 1. The normalized spacial score (nSPS) is 14.0. The number of hydrogen-bond acceptors (Lipinski definition) is 3. The van der Waals surface area contributed by atoms with Gasteiger partial charge < -0.3 is 4.74 Å². The molecule has 4 heteroatoms. The molecule has 0 aliphatic rings. The Kier molecular flexibility index (Phi) is 5.43. The van der Waals surface area contributed by atoms with Gasteiger partial charge in [-0.3, -0.25) is 5.32 Å². The van der Waals surface area contributed by atoms with E-state index in [2.05, 4.69) is 11.4 Å². The fraction of sp³-hybridized carbons (Fsp3) is 0.462. The van der Waals surface area contributed by atoms with Crippen molar-refractivity contribution in [1.82, 2.24) is 5.32 Å². The molecule has 0 bridgehead atoms. The number of rotatable bonds is 6. The zero-order chi connectivity index (χ0) is 12.7. The van der Waals surface area contributed by atoms with E-state index in [9.17, 15) is 5.26 Å². The number of methoxy groups -OCH3 is 1. The molecule has 1 atom stereocenters. The van der Waals surface area contributed by atoms with Crippen LogP contribution in [0, 0.1) is 11.3 Å². The first-order chi connectivity index (χ1) is 8.09. The van der Waals surface area contributed by atoms with Crippen LogP contribution in [0.4, 0.5) is 0 Å². The molecule has 3 nitrogen and oxygen atoms in total. The van der Waals surface area contributed by atoms with E-state index < -0.39 is 5.54 Å². The van der Waals surface area contributed by atoms with Gasteiger partial charge in [0, 0.05) is 25.1 Å². The Labute approximate surface area is 107 Å². The molecule has 1 aromatic rings. The topological polar surface area (TPSA) is 45.0 Å². The fourth-order valence-corrected chi connectivity index (χ4v) is 1.71. The van der Waals surface area contributed by atoms with E-state index in [1.165, 1.54) is 0 Å². The molecular weight excluding hydrogens is 236 g/mol. The van der Waals surface area contributed by atoms with Gasteiger partial charge in [0.05, 0.1) is 12.7 Å². The van der Waals surface area contributed by atoms with E-state index in [0.29, 0.717) is 24.6 Å². The van der Waals surface area contributed by atoms with Gasteiger partial charge in [-0.15, -0.1) is 0 Å². The highest BCUT2D eigenvalue weighted by Crippen LogP contribution is 2.15. The zero-order valence-electron chi connectivity index (χ0n) is 10.2. The quantitative estimate of drug-likeness (QED) is 0.791. The van der Waals surface area contributed by atoms with Crippen molar-refractivity contribution in [3.05, 3.63) is 34.9 Å². The number of halogens is 1. The van der Waals surface area contributed by atoms with Gasteiger partial charge in [0.25, 0.3) is 0 Å². The monoisotopic (exact) mass is 252 g/mol. The van der Waals surface area contributed by atoms with E-state index in [-0.39, 0.29) is 0 Å². The number of ether oxygens (including phenoxy) is 1. The Balaban J connectivity index is 2.62. The van der Waals surface area contributed by atoms with Crippen molar-refractivity contribution < 1.29 is 4.74 Å². The largest absolute Gasteiger partial charge is 0.383 e. The van der Waals surface area contributed by atoms with Gasteiger partial charge in [-0.25, -0.2) is 0 Å². The maximum absolute atomic E-state index is 9.22. The molecule has 0 spiro atoms. The van der Waals surface area contributed by atoms with Crippen LogP contribution in [0.15, 0.2) is 24.3 Å². The molecule has 92 valence electrons. The van der Waals surface area contributed by atoms with E-state index in [1.54, 1.807) is 7.11 Å². The van der Waals surface area contributed by atoms with Gasteiger partial charge in [-0.1, -0.05) is 23.7 Å². The third kappa shape index (κ3) is 4.74. The van der Waals surface area contributed by atoms with Gasteiger partial charge in [0.1, 0.15) is 5.54 Å². The molecule has 0 saturated heterocycles. The minimum absolute atomic E-state index is 0.577. The molecule has 0 aliphatic carbocycles. The minimum Gasteiger partial charge on any atom is -0.383 e. The Bertz CT molecular complexity index is 385. The lowest BCUT2D eigenvalue weighted by Crippen LogP contribution is -2.44. The number of nitriles is 1. The van der Waals surface area contributed by atoms with Crippen LogP contribution in [-0.4, -0.2) is 25.8 Å². The molecule has 1 rings (SSSR count). The molecule has 0 fully saturated rings. The zero-order valence-corrected chi connectivity index (χ0v) is 10.9. The summed E-state index contributed by atoms with van der Waals surface area (Å²) < 4.78 is 4.96. The Hall–Kier alpha value is -1.08. The van der Waals surface area contributed by atoms with E-state index in [0.717, 1.165) is 5.56 Å². The Morgan fingerprint density at radius 3 is 2.59 bits per heavy atom. The molecule has 17 heavy (non-hydrogen) atoms. The van der Waals surface area contributed by atoms with Crippen LogP contribution < -0.4 is 5.32 Å². The maximum Gasteiger partial charge on any atom is 0.108 e. The summed E-state index contributed by atoms with van der Waals surface area (Å²) in [7, 11) is 1.64. The summed E-state index contributed by atoms with van der Waals surface area (Å²) >= 11 is 5.82. The summed E-state index contributed by atoms with van der Waals surface area (Å²) in [6.07, 6.45) is 0.643. The van der Waals surface area contributed by atoms with Crippen LogP contribution in [0.2, 0.25) is 5.02 Å². The second-order valence-corrected chi connectivity index (χ2v) is 4.60. The second kappa shape index (κ2) is 6.61. The highest BCUT2D eigenvalue weighted by atomic mass is 35.5. The molecule has 0 aliphatic heterocycles. The molecule has 1 aromatic carbocycles. The van der Waals surface area contributed by atoms with Crippen LogP contribution in [-0.2, 0) is 11.2 Å². The SMILES string of the molecule is COCCNC(C)(C#N)Cc1ccc(Cl)cc1. The first-order valence-electron chi connectivity index (χ1n) is 5.49. The van der Waals surface area contributed by atoms with E-state index >= 15 is 0 Å². The summed E-state index contributed by atoms with van der Waals surface area (Å²) in [6.45, 7) is 3.14. The molecule has 0 saturated carbocycles. The molecule has 1 unspecified atom stereocenters. The highest BCUT2D eigenvalue weighted by molar-refractivity contribution is 6.30. The molecule has 0 heterocycles. The number of hydrogen-bond donors (Lipinski definition) is 1.